The predicted molar refractivity (Wildman–Crippen MR) is 295 cm³/mol. The minimum Gasteiger partial charge on any atom is -0.482 e. The maximum Gasteiger partial charge on any atom is 0.343 e. The van der Waals surface area contributed by atoms with E-state index in [0.29, 0.717) is 74.7 Å². The number of hydrogen-bond acceptors (Lipinski definition) is 16. The third-order valence-corrected chi connectivity index (χ3v) is 18.3. The SMILES string of the molecule is CC(C)=CCCC1(C)C=Cc2c(c(CC=C(C)C)c3c(c2OC(=O)c2ccc(O[C@@H]4O[C@@H]5COC(C)(C)O[C@H]5[C@H](O)[C@H]4O)cc2)C(=O)C2C(N4CCOCC4)C4CC5C(C)(C)OC(C/C=C(/C)C(=O)N6CCCCC6)(C4=O)C25O3)O1. The fourth-order valence-electron chi connectivity index (χ4n) is 14.4. The first kappa shape index (κ1) is 56.6. The largest absolute Gasteiger partial charge is 0.482 e. The minimum absolute atomic E-state index is 0.00871. The van der Waals surface area contributed by atoms with Gasteiger partial charge in [0, 0.05) is 61.6 Å². The molecule has 4 bridgehead atoms. The number of fused-ring (bicyclic) bond motifs is 3. The molecule has 2 N–H and O–H groups in total. The molecule has 7 heterocycles. The molecule has 2 aromatic carbocycles. The number of esters is 1. The number of benzene rings is 2. The maximum atomic E-state index is 16.8. The van der Waals surface area contributed by atoms with Gasteiger partial charge >= 0.3 is 5.97 Å². The Bertz CT molecular complexity index is 2920. The van der Waals surface area contributed by atoms with Crippen molar-refractivity contribution in [2.45, 2.75) is 186 Å². The number of ether oxygens (including phenoxy) is 9. The Labute approximate surface area is 469 Å². The highest BCUT2D eigenvalue weighted by Crippen LogP contribution is 2.71. The summed E-state index contributed by atoms with van der Waals surface area (Å²) in [4.78, 5) is 65.9. The summed E-state index contributed by atoms with van der Waals surface area (Å²) < 4.78 is 58.7. The quantitative estimate of drug-likeness (QED) is 0.0845. The van der Waals surface area contributed by atoms with Gasteiger partial charge in [-0.3, -0.25) is 19.3 Å². The van der Waals surface area contributed by atoms with Gasteiger partial charge in [-0.25, -0.2) is 4.79 Å². The number of likely N-dealkylation sites (tertiary alicyclic amines) is 1. The summed E-state index contributed by atoms with van der Waals surface area (Å²) in [5.74, 6) is -3.60. The molecule has 432 valence electrons. The summed E-state index contributed by atoms with van der Waals surface area (Å²) in [5.41, 5.74) is -1.18. The number of morpholine rings is 1. The molecule has 1 spiro atoms. The van der Waals surface area contributed by atoms with Gasteiger partial charge in [0.2, 0.25) is 12.2 Å². The highest BCUT2D eigenvalue weighted by molar-refractivity contribution is 6.11. The van der Waals surface area contributed by atoms with Gasteiger partial charge < -0.3 is 57.7 Å². The number of hydrogen-bond donors (Lipinski definition) is 2. The van der Waals surface area contributed by atoms with Crippen LogP contribution in [0.3, 0.4) is 0 Å². The Morgan fingerprint density at radius 2 is 1.56 bits per heavy atom. The first-order chi connectivity index (χ1) is 38.0. The molecule has 5 saturated heterocycles. The summed E-state index contributed by atoms with van der Waals surface area (Å²) in [5, 5.41) is 22.2. The molecular weight excluding hydrogens is 1020 g/mol. The lowest BCUT2D eigenvalue weighted by Crippen LogP contribution is -2.82. The normalized spacial score (nSPS) is 34.7. The van der Waals surface area contributed by atoms with Crippen molar-refractivity contribution in [2.75, 3.05) is 46.0 Å². The fraction of sp³-hybridized carbons (Fsp3) is 0.619. The van der Waals surface area contributed by atoms with E-state index in [1.807, 2.05) is 57.7 Å². The van der Waals surface area contributed by atoms with Crippen molar-refractivity contribution in [3.63, 3.8) is 0 Å². The number of rotatable bonds is 13. The standard InChI is InChI=1S/C63H80N2O15/c1-35(2)15-14-24-61(10)25-23-41-51(78-61)40(21-16-36(3)4)53-45(52(41)76-57(71)38-17-19-39(20-18-38)74-58-50(68)49(67)54-43(75-58)34-73-60(8,9)77-54)48(66)46-47(64-29-31-72-32-30-64)42-33-44-59(6,7)80-62(55(42)69,63(44,46)79-53)26-22-37(5)56(70)65-27-12-11-13-28-65/h15-20,22-23,25,42-44,46-47,49-50,54,58,67-68H,11-14,21,24,26-34H2,1-10H3/b37-22-/t42?,43-,44?,46?,47?,49-,50-,54-,58-,61?,62?,63?/m1/s1. The van der Waals surface area contributed by atoms with E-state index < -0.39 is 88.7 Å². The molecule has 2 aromatic rings. The van der Waals surface area contributed by atoms with Gasteiger partial charge in [-0.05, 0) is 151 Å². The maximum absolute atomic E-state index is 16.8. The second-order valence-corrected chi connectivity index (χ2v) is 25.3. The number of allylic oxidation sites excluding steroid dienone is 4. The molecule has 80 heavy (non-hydrogen) atoms. The first-order valence-corrected chi connectivity index (χ1v) is 28.9. The molecule has 10 aliphatic rings. The minimum atomic E-state index is -1.69. The molecule has 12 rings (SSSR count). The summed E-state index contributed by atoms with van der Waals surface area (Å²) in [6, 6.07) is 5.47. The van der Waals surface area contributed by atoms with Gasteiger partial charge in [0.15, 0.2) is 34.3 Å². The highest BCUT2D eigenvalue weighted by atomic mass is 16.8. The monoisotopic (exact) mass is 1100 g/mol. The lowest BCUT2D eigenvalue weighted by Gasteiger charge is -2.64. The molecule has 3 aliphatic carbocycles. The third kappa shape index (κ3) is 9.68. The lowest BCUT2D eigenvalue weighted by atomic mass is 9.44. The number of Topliss-reactive ketones (excluding diaryl/α,β-unsaturated/α-hetero) is 2. The van der Waals surface area contributed by atoms with Crippen LogP contribution in [0, 0.1) is 17.8 Å². The van der Waals surface area contributed by atoms with E-state index in [2.05, 4.69) is 30.9 Å². The van der Waals surface area contributed by atoms with Crippen LogP contribution in [0.25, 0.3) is 6.08 Å². The van der Waals surface area contributed by atoms with Gasteiger partial charge in [-0.15, -0.1) is 0 Å². The van der Waals surface area contributed by atoms with Crippen molar-refractivity contribution < 1.29 is 72.0 Å². The zero-order chi connectivity index (χ0) is 56.8. The smallest absolute Gasteiger partial charge is 0.343 e. The third-order valence-electron chi connectivity index (χ3n) is 18.3. The molecule has 17 nitrogen and oxygen atoms in total. The zero-order valence-corrected chi connectivity index (χ0v) is 48.1. The van der Waals surface area contributed by atoms with Crippen molar-refractivity contribution in [1.82, 2.24) is 9.80 Å². The number of aliphatic hydroxyl groups excluding tert-OH is 2. The highest BCUT2D eigenvalue weighted by Gasteiger charge is 2.86. The topological polar surface area (TPSA) is 198 Å². The summed E-state index contributed by atoms with van der Waals surface area (Å²) >= 11 is 0. The van der Waals surface area contributed by atoms with Crippen LogP contribution in [-0.4, -0.2) is 154 Å². The summed E-state index contributed by atoms with van der Waals surface area (Å²) in [6.45, 7) is 22.6. The molecule has 3 saturated carbocycles. The van der Waals surface area contributed by atoms with Gasteiger partial charge in [0.25, 0.3) is 0 Å². The number of piperidine rings is 1. The fourth-order valence-corrected chi connectivity index (χ4v) is 14.4. The zero-order valence-electron chi connectivity index (χ0n) is 48.1. The van der Waals surface area contributed by atoms with Gasteiger partial charge in [0.1, 0.15) is 52.8 Å². The van der Waals surface area contributed by atoms with Crippen molar-refractivity contribution in [1.29, 1.82) is 0 Å². The molecule has 8 fully saturated rings. The van der Waals surface area contributed by atoms with E-state index in [1.54, 1.807) is 20.8 Å². The Kier molecular flexibility index (Phi) is 15.0. The van der Waals surface area contributed by atoms with Crippen LogP contribution in [0.2, 0.25) is 0 Å². The molecule has 12 atom stereocenters. The van der Waals surface area contributed by atoms with E-state index in [9.17, 15) is 19.8 Å². The van der Waals surface area contributed by atoms with Gasteiger partial charge in [-0.2, -0.15) is 0 Å². The Hall–Kier alpha value is -5.24. The second kappa shape index (κ2) is 21.2. The van der Waals surface area contributed by atoms with Crippen LogP contribution in [-0.2, 0) is 39.7 Å². The van der Waals surface area contributed by atoms with E-state index in [0.717, 1.165) is 31.3 Å². The Balaban J connectivity index is 1.03. The summed E-state index contributed by atoms with van der Waals surface area (Å²) in [7, 11) is 0. The van der Waals surface area contributed by atoms with Crippen molar-refractivity contribution in [3.8, 4) is 23.0 Å². The van der Waals surface area contributed by atoms with Crippen LogP contribution in [0.4, 0.5) is 0 Å². The van der Waals surface area contributed by atoms with Gasteiger partial charge in [0.05, 0.1) is 42.5 Å². The van der Waals surface area contributed by atoms with E-state index in [1.165, 1.54) is 29.8 Å². The molecular formula is C63H80N2O15. The Morgan fingerprint density at radius 3 is 2.26 bits per heavy atom. The number of carbonyl (C=O) groups is 4. The van der Waals surface area contributed by atoms with E-state index in [-0.39, 0.29) is 65.3 Å². The number of aliphatic hydroxyl groups is 2. The predicted octanol–water partition coefficient (Wildman–Crippen LogP) is 8.05. The van der Waals surface area contributed by atoms with Crippen molar-refractivity contribution in [3.05, 3.63) is 87.5 Å². The second-order valence-electron chi connectivity index (χ2n) is 25.3. The average Bonchev–Trinajstić information content (AvgIpc) is 1.91. The molecule has 0 radical (unpaired) electrons. The van der Waals surface area contributed by atoms with Crippen molar-refractivity contribution >= 4 is 29.5 Å². The number of amides is 1. The lowest BCUT2D eigenvalue weighted by molar-refractivity contribution is -0.373. The van der Waals surface area contributed by atoms with Crippen molar-refractivity contribution in [2.24, 2.45) is 17.8 Å². The number of ketones is 2. The first-order valence-electron chi connectivity index (χ1n) is 28.9. The number of nitrogens with zero attached hydrogens (tertiary/aromatic N) is 2. The molecule has 7 unspecified atom stereocenters. The van der Waals surface area contributed by atoms with Crippen LogP contribution >= 0.6 is 0 Å². The van der Waals surface area contributed by atoms with E-state index in [4.69, 9.17) is 42.6 Å². The number of carbonyl (C=O) groups excluding carboxylic acids is 4. The van der Waals surface area contributed by atoms with Crippen LogP contribution < -0.4 is 18.9 Å². The summed E-state index contributed by atoms with van der Waals surface area (Å²) in [6.07, 6.45) is 9.23. The van der Waals surface area contributed by atoms with Crippen LogP contribution in [0.5, 0.6) is 23.0 Å². The molecule has 17 heteroatoms. The van der Waals surface area contributed by atoms with Crippen LogP contribution in [0.1, 0.15) is 146 Å². The Morgan fingerprint density at radius 1 is 0.850 bits per heavy atom. The molecule has 0 aromatic heterocycles. The van der Waals surface area contributed by atoms with Crippen LogP contribution in [0.15, 0.2) is 65.3 Å². The average molecular weight is 1110 g/mol. The van der Waals surface area contributed by atoms with Gasteiger partial charge in [-0.1, -0.05) is 29.4 Å². The molecule has 1 amide bonds. The van der Waals surface area contributed by atoms with E-state index >= 15 is 9.59 Å². The molecule has 7 aliphatic heterocycles.